The van der Waals surface area contributed by atoms with Gasteiger partial charge in [0.1, 0.15) is 5.82 Å². The third-order valence-electron chi connectivity index (χ3n) is 2.33. The zero-order valence-corrected chi connectivity index (χ0v) is 8.83. The first-order valence-corrected chi connectivity index (χ1v) is 5.10. The Kier molecular flexibility index (Phi) is 4.08. The fourth-order valence-electron chi connectivity index (χ4n) is 1.42. The van der Waals surface area contributed by atoms with Gasteiger partial charge in [-0.3, -0.25) is 0 Å². The van der Waals surface area contributed by atoms with Crippen LogP contribution in [0.4, 0.5) is 4.39 Å². The molecule has 78 valence electrons. The van der Waals surface area contributed by atoms with E-state index in [0.29, 0.717) is 5.92 Å². The Bertz CT molecular complexity index is 283. The van der Waals surface area contributed by atoms with Crippen LogP contribution in [0.3, 0.4) is 0 Å². The van der Waals surface area contributed by atoms with Gasteiger partial charge >= 0.3 is 0 Å². The van der Waals surface area contributed by atoms with Crippen molar-refractivity contribution >= 4 is 0 Å². The van der Waals surface area contributed by atoms with Crippen molar-refractivity contribution in [2.75, 3.05) is 0 Å². The smallest absolute Gasteiger partial charge is 0.123 e. The van der Waals surface area contributed by atoms with E-state index >= 15 is 0 Å². The van der Waals surface area contributed by atoms with Gasteiger partial charge < -0.3 is 5.73 Å². The van der Waals surface area contributed by atoms with Crippen molar-refractivity contribution in [3.63, 3.8) is 0 Å². The first-order chi connectivity index (χ1) is 6.59. The maximum absolute atomic E-state index is 12.9. The quantitative estimate of drug-likeness (QED) is 0.784. The van der Waals surface area contributed by atoms with Gasteiger partial charge in [0.05, 0.1) is 0 Å². The molecule has 0 fully saturated rings. The van der Waals surface area contributed by atoms with Crippen LogP contribution in [0.5, 0.6) is 0 Å². The monoisotopic (exact) mass is 195 g/mol. The highest BCUT2D eigenvalue weighted by Gasteiger charge is 2.07. The molecule has 14 heavy (non-hydrogen) atoms. The van der Waals surface area contributed by atoms with Crippen LogP contribution in [-0.4, -0.2) is 0 Å². The lowest BCUT2D eigenvalue weighted by atomic mass is 9.98. The third-order valence-corrected chi connectivity index (χ3v) is 2.33. The van der Waals surface area contributed by atoms with E-state index in [4.69, 9.17) is 5.73 Å². The van der Waals surface area contributed by atoms with Crippen molar-refractivity contribution in [1.82, 2.24) is 0 Å². The van der Waals surface area contributed by atoms with Gasteiger partial charge in [0.15, 0.2) is 0 Å². The molecule has 0 aromatic heterocycles. The van der Waals surface area contributed by atoms with Crippen molar-refractivity contribution in [2.45, 2.75) is 32.7 Å². The Balaban J connectivity index is 2.56. The maximum atomic E-state index is 12.9. The van der Waals surface area contributed by atoms with Crippen molar-refractivity contribution in [3.8, 4) is 0 Å². The second kappa shape index (κ2) is 5.11. The predicted octanol–water partition coefficient (Wildman–Crippen LogP) is 3.26. The molecule has 1 nitrogen and oxygen atoms in total. The van der Waals surface area contributed by atoms with Gasteiger partial charge in [0.2, 0.25) is 0 Å². The lowest BCUT2D eigenvalue weighted by molar-refractivity contribution is 0.505. The fourth-order valence-corrected chi connectivity index (χ4v) is 1.42. The lowest BCUT2D eigenvalue weighted by Gasteiger charge is -2.13. The first kappa shape index (κ1) is 11.2. The molecule has 0 heterocycles. The normalized spacial score (nSPS) is 13.2. The molecule has 1 aromatic rings. The summed E-state index contributed by atoms with van der Waals surface area (Å²) in [6.45, 7) is 4.33. The summed E-state index contributed by atoms with van der Waals surface area (Å²) in [5.41, 5.74) is 6.84. The van der Waals surface area contributed by atoms with E-state index in [2.05, 4.69) is 13.8 Å². The average molecular weight is 195 g/mol. The van der Waals surface area contributed by atoms with Crippen LogP contribution in [0.1, 0.15) is 38.3 Å². The van der Waals surface area contributed by atoms with E-state index in [9.17, 15) is 4.39 Å². The molecule has 0 aliphatic carbocycles. The Labute approximate surface area is 85.1 Å². The second-order valence-electron chi connectivity index (χ2n) is 4.13. The lowest BCUT2D eigenvalue weighted by Crippen LogP contribution is -2.11. The van der Waals surface area contributed by atoms with Gasteiger partial charge in [-0.05, 0) is 36.5 Å². The van der Waals surface area contributed by atoms with Crippen LogP contribution in [0.2, 0.25) is 0 Å². The van der Waals surface area contributed by atoms with Gasteiger partial charge in [-0.25, -0.2) is 4.39 Å². The van der Waals surface area contributed by atoms with Crippen molar-refractivity contribution in [1.29, 1.82) is 0 Å². The molecule has 0 aliphatic heterocycles. The van der Waals surface area contributed by atoms with Gasteiger partial charge in [0, 0.05) is 6.04 Å². The zero-order valence-electron chi connectivity index (χ0n) is 8.83. The Hall–Kier alpha value is -0.890. The number of benzene rings is 1. The number of halogens is 1. The first-order valence-electron chi connectivity index (χ1n) is 5.10. The molecular weight excluding hydrogens is 177 g/mol. The topological polar surface area (TPSA) is 26.0 Å². The molecule has 1 atom stereocenters. The molecule has 1 aromatic carbocycles. The van der Waals surface area contributed by atoms with Crippen LogP contribution in [-0.2, 0) is 0 Å². The molecule has 0 amide bonds. The van der Waals surface area contributed by atoms with Crippen LogP contribution in [0, 0.1) is 11.7 Å². The summed E-state index contributed by atoms with van der Waals surface area (Å²) in [7, 11) is 0. The molecule has 0 unspecified atom stereocenters. The van der Waals surface area contributed by atoms with Crippen LogP contribution < -0.4 is 5.73 Å². The van der Waals surface area contributed by atoms with Gasteiger partial charge in [-0.15, -0.1) is 0 Å². The summed E-state index contributed by atoms with van der Waals surface area (Å²) in [6, 6.07) is 6.52. The maximum Gasteiger partial charge on any atom is 0.123 e. The number of rotatable bonds is 4. The number of hydrogen-bond donors (Lipinski definition) is 1. The molecule has 2 heteroatoms. The zero-order chi connectivity index (χ0) is 10.6. The van der Waals surface area contributed by atoms with E-state index in [1.807, 2.05) is 6.07 Å². The second-order valence-corrected chi connectivity index (χ2v) is 4.13. The summed E-state index contributed by atoms with van der Waals surface area (Å²) in [6.07, 6.45) is 2.00. The summed E-state index contributed by atoms with van der Waals surface area (Å²) >= 11 is 0. The Morgan fingerprint density at radius 3 is 2.57 bits per heavy atom. The van der Waals surface area contributed by atoms with Crippen molar-refractivity contribution in [2.24, 2.45) is 11.7 Å². The van der Waals surface area contributed by atoms with E-state index in [0.717, 1.165) is 18.4 Å². The van der Waals surface area contributed by atoms with E-state index in [-0.39, 0.29) is 11.9 Å². The average Bonchev–Trinajstić information content (AvgIpc) is 2.14. The highest BCUT2D eigenvalue weighted by atomic mass is 19.1. The standard InChI is InChI=1S/C12H18FN/c1-9(2)6-7-12(14)10-4-3-5-11(13)8-10/h3-5,8-9,12H,6-7,14H2,1-2H3/t12-/m0/s1. The van der Waals surface area contributed by atoms with Gasteiger partial charge in [0.25, 0.3) is 0 Å². The third kappa shape index (κ3) is 3.46. The molecule has 0 spiro atoms. The molecule has 1 rings (SSSR count). The van der Waals surface area contributed by atoms with Crippen molar-refractivity contribution < 1.29 is 4.39 Å². The minimum Gasteiger partial charge on any atom is -0.324 e. The molecule has 2 N–H and O–H groups in total. The highest BCUT2D eigenvalue weighted by molar-refractivity contribution is 5.19. The molecule has 0 radical (unpaired) electrons. The largest absolute Gasteiger partial charge is 0.324 e. The van der Waals surface area contributed by atoms with Crippen LogP contribution in [0.25, 0.3) is 0 Å². The molecule has 0 aliphatic rings. The fraction of sp³-hybridized carbons (Fsp3) is 0.500. The molecule has 0 saturated heterocycles. The van der Waals surface area contributed by atoms with E-state index in [1.54, 1.807) is 6.07 Å². The highest BCUT2D eigenvalue weighted by Crippen LogP contribution is 2.18. The summed E-state index contributed by atoms with van der Waals surface area (Å²) < 4.78 is 12.9. The molecule has 0 bridgehead atoms. The minimum absolute atomic E-state index is 0.0342. The summed E-state index contributed by atoms with van der Waals surface area (Å²) in [5, 5.41) is 0. The van der Waals surface area contributed by atoms with Crippen molar-refractivity contribution in [3.05, 3.63) is 35.6 Å². The number of hydrogen-bond acceptors (Lipinski definition) is 1. The SMILES string of the molecule is CC(C)CC[C@H](N)c1cccc(F)c1. The van der Waals surface area contributed by atoms with E-state index in [1.165, 1.54) is 12.1 Å². The molecule has 0 saturated carbocycles. The Morgan fingerprint density at radius 2 is 2.00 bits per heavy atom. The Morgan fingerprint density at radius 1 is 1.29 bits per heavy atom. The predicted molar refractivity (Wildman–Crippen MR) is 57.4 cm³/mol. The summed E-state index contributed by atoms with van der Waals surface area (Å²) in [5.74, 6) is 0.442. The minimum atomic E-state index is -0.206. The summed E-state index contributed by atoms with van der Waals surface area (Å²) in [4.78, 5) is 0. The van der Waals surface area contributed by atoms with Gasteiger partial charge in [-0.1, -0.05) is 26.0 Å². The van der Waals surface area contributed by atoms with Gasteiger partial charge in [-0.2, -0.15) is 0 Å². The number of nitrogens with two attached hydrogens (primary N) is 1. The van der Waals surface area contributed by atoms with E-state index < -0.39 is 0 Å². The van der Waals surface area contributed by atoms with Crippen LogP contribution in [0.15, 0.2) is 24.3 Å². The molecular formula is C12H18FN. The van der Waals surface area contributed by atoms with Crippen LogP contribution >= 0.6 is 0 Å².